The average Bonchev–Trinajstić information content (AvgIpc) is 3.27. The van der Waals surface area contributed by atoms with Crippen LogP contribution in [0.3, 0.4) is 0 Å². The number of ether oxygens (including phenoxy) is 3. The number of esters is 1. The van der Waals surface area contributed by atoms with Gasteiger partial charge in [-0.15, -0.1) is 11.3 Å². The molecule has 0 saturated carbocycles. The highest BCUT2D eigenvalue weighted by Gasteiger charge is 2.33. The lowest BCUT2D eigenvalue weighted by Gasteiger charge is -2.27. The zero-order chi connectivity index (χ0) is 22.4. The van der Waals surface area contributed by atoms with Crippen LogP contribution in [0.5, 0.6) is 0 Å². The first kappa shape index (κ1) is 23.5. The zero-order valence-corrected chi connectivity index (χ0v) is 19.8. The maximum atomic E-state index is 13.7. The molecule has 7 nitrogen and oxygen atoms in total. The van der Waals surface area contributed by atoms with Gasteiger partial charge >= 0.3 is 5.97 Å². The topological polar surface area (TPSA) is 82.0 Å². The van der Waals surface area contributed by atoms with Gasteiger partial charge in [-0.25, -0.2) is 14.2 Å². The second-order valence-electron chi connectivity index (χ2n) is 6.86. The fourth-order valence-corrected chi connectivity index (χ4v) is 4.13. The maximum absolute atomic E-state index is 13.7. The number of aliphatic imine (C=N–C) groups is 1. The van der Waals surface area contributed by atoms with Crippen molar-refractivity contribution in [2.75, 3.05) is 26.9 Å². The smallest absolute Gasteiger partial charge is 0.338 e. The molecular formula is C21H23BrFN3O4S. The van der Waals surface area contributed by atoms with Gasteiger partial charge in [0.05, 0.1) is 44.3 Å². The van der Waals surface area contributed by atoms with Crippen LogP contribution in [-0.2, 0) is 19.0 Å². The number of carbonyl (C=O) groups is 1. The summed E-state index contributed by atoms with van der Waals surface area (Å²) in [5.41, 5.74) is 1.43. The summed E-state index contributed by atoms with van der Waals surface area (Å²) in [5.74, 6) is -0.445. The van der Waals surface area contributed by atoms with Crippen LogP contribution in [0.2, 0.25) is 0 Å². The van der Waals surface area contributed by atoms with E-state index in [1.807, 2.05) is 19.2 Å². The Morgan fingerprint density at radius 2 is 2.16 bits per heavy atom. The Bertz CT molecular complexity index is 979. The van der Waals surface area contributed by atoms with Crippen molar-refractivity contribution in [2.24, 2.45) is 4.99 Å². The van der Waals surface area contributed by atoms with Gasteiger partial charge < -0.3 is 19.5 Å². The molecule has 1 aliphatic heterocycles. The first-order valence-electron chi connectivity index (χ1n) is 9.61. The molecule has 10 heteroatoms. The number of halogens is 2. The van der Waals surface area contributed by atoms with E-state index in [2.05, 4.69) is 26.2 Å². The van der Waals surface area contributed by atoms with Crippen LogP contribution in [0.4, 0.5) is 4.39 Å². The average molecular weight is 512 g/mol. The van der Waals surface area contributed by atoms with E-state index in [1.165, 1.54) is 30.6 Å². The van der Waals surface area contributed by atoms with Crippen molar-refractivity contribution in [3.05, 3.63) is 61.9 Å². The van der Waals surface area contributed by atoms with E-state index in [0.29, 0.717) is 45.4 Å². The molecule has 1 N–H and O–H groups in total. The largest absolute Gasteiger partial charge is 0.466 e. The Kier molecular flexibility index (Phi) is 8.30. The molecule has 1 aliphatic rings. The first-order chi connectivity index (χ1) is 14.9. The highest BCUT2D eigenvalue weighted by molar-refractivity contribution is 9.10. The molecule has 3 rings (SSSR count). The van der Waals surface area contributed by atoms with Crippen molar-refractivity contribution >= 4 is 39.1 Å². The number of methoxy groups -OCH3 is 1. The van der Waals surface area contributed by atoms with Crippen molar-refractivity contribution in [3.8, 4) is 0 Å². The van der Waals surface area contributed by atoms with Crippen LogP contribution in [0, 0.1) is 5.82 Å². The molecule has 0 saturated heterocycles. The summed E-state index contributed by atoms with van der Waals surface area (Å²) < 4.78 is 30.5. The van der Waals surface area contributed by atoms with Crippen molar-refractivity contribution in [2.45, 2.75) is 26.0 Å². The Morgan fingerprint density at radius 1 is 1.35 bits per heavy atom. The van der Waals surface area contributed by atoms with E-state index in [-0.39, 0.29) is 12.7 Å². The van der Waals surface area contributed by atoms with Crippen LogP contribution in [-0.4, -0.2) is 49.8 Å². The van der Waals surface area contributed by atoms with E-state index < -0.39 is 17.8 Å². The molecule has 0 spiro atoms. The molecule has 0 fully saturated rings. The normalized spacial score (nSPS) is 16.3. The fourth-order valence-electron chi connectivity index (χ4n) is 2.97. The third-order valence-electron chi connectivity index (χ3n) is 4.35. The van der Waals surface area contributed by atoms with Crippen LogP contribution >= 0.6 is 27.3 Å². The monoisotopic (exact) mass is 511 g/mol. The summed E-state index contributed by atoms with van der Waals surface area (Å²) in [4.78, 5) is 21.8. The van der Waals surface area contributed by atoms with Crippen LogP contribution < -0.4 is 5.32 Å². The summed E-state index contributed by atoms with van der Waals surface area (Å²) in [6, 6.07) is 3.53. The third kappa shape index (κ3) is 5.97. The number of hydrogen-bond acceptors (Lipinski definition) is 8. The molecule has 1 unspecified atom stereocenters. The number of thiazole rings is 1. The number of amidine groups is 1. The molecule has 1 aromatic carbocycles. The molecule has 2 heterocycles. The van der Waals surface area contributed by atoms with E-state index in [0.717, 1.165) is 0 Å². The van der Waals surface area contributed by atoms with Gasteiger partial charge in [-0.3, -0.25) is 4.99 Å². The number of rotatable bonds is 9. The number of aromatic nitrogens is 1. The molecule has 0 amide bonds. The highest BCUT2D eigenvalue weighted by atomic mass is 79.9. The SMILES string of the molecule is COC(=O)C1=C(COCCOC(C)C)NC(c2nccs2)=NC1c1ccc(F)cc1Br. The highest BCUT2D eigenvalue weighted by Crippen LogP contribution is 2.36. The Morgan fingerprint density at radius 3 is 2.81 bits per heavy atom. The van der Waals surface area contributed by atoms with Crippen LogP contribution in [0.15, 0.2) is 50.5 Å². The number of carbonyl (C=O) groups excluding carboxylic acids is 1. The number of nitrogens with zero attached hydrogens (tertiary/aromatic N) is 2. The van der Waals surface area contributed by atoms with Gasteiger partial charge in [-0.1, -0.05) is 22.0 Å². The summed E-state index contributed by atoms with van der Waals surface area (Å²) in [6.45, 7) is 4.79. The van der Waals surface area contributed by atoms with Gasteiger partial charge in [0.15, 0.2) is 10.8 Å². The minimum absolute atomic E-state index is 0.102. The second-order valence-corrected chi connectivity index (χ2v) is 8.61. The number of hydrogen-bond donors (Lipinski definition) is 1. The molecular weight excluding hydrogens is 489 g/mol. The summed E-state index contributed by atoms with van der Waals surface area (Å²) in [7, 11) is 1.31. The van der Waals surface area contributed by atoms with E-state index in [4.69, 9.17) is 19.2 Å². The van der Waals surface area contributed by atoms with Crippen molar-refractivity contribution in [3.63, 3.8) is 0 Å². The summed E-state index contributed by atoms with van der Waals surface area (Å²) >= 11 is 4.80. The van der Waals surface area contributed by atoms with Gasteiger partial charge in [-0.05, 0) is 31.5 Å². The van der Waals surface area contributed by atoms with E-state index in [9.17, 15) is 9.18 Å². The minimum Gasteiger partial charge on any atom is -0.466 e. The molecule has 31 heavy (non-hydrogen) atoms. The third-order valence-corrected chi connectivity index (χ3v) is 5.82. The number of nitrogens with one attached hydrogen (secondary N) is 1. The summed E-state index contributed by atoms with van der Waals surface area (Å²) in [6.07, 6.45) is 1.77. The van der Waals surface area contributed by atoms with E-state index in [1.54, 1.807) is 12.3 Å². The lowest BCUT2D eigenvalue weighted by molar-refractivity contribution is -0.136. The molecule has 1 aromatic heterocycles. The van der Waals surface area contributed by atoms with Crippen molar-refractivity contribution in [1.82, 2.24) is 10.3 Å². The van der Waals surface area contributed by atoms with E-state index >= 15 is 0 Å². The first-order valence-corrected chi connectivity index (χ1v) is 11.3. The lowest BCUT2D eigenvalue weighted by Crippen LogP contribution is -2.35. The van der Waals surface area contributed by atoms with Gasteiger partial charge in [0.25, 0.3) is 0 Å². The number of benzene rings is 1. The minimum atomic E-state index is -0.729. The lowest BCUT2D eigenvalue weighted by atomic mass is 9.95. The van der Waals surface area contributed by atoms with Crippen LogP contribution in [0.25, 0.3) is 0 Å². The molecule has 2 aromatic rings. The predicted molar refractivity (Wildman–Crippen MR) is 120 cm³/mol. The molecule has 0 aliphatic carbocycles. The fraction of sp³-hybridized carbons (Fsp3) is 0.381. The predicted octanol–water partition coefficient (Wildman–Crippen LogP) is 4.00. The molecule has 1 atom stereocenters. The van der Waals surface area contributed by atoms with Gasteiger partial charge in [-0.2, -0.15) is 0 Å². The maximum Gasteiger partial charge on any atom is 0.338 e. The van der Waals surface area contributed by atoms with Crippen molar-refractivity contribution in [1.29, 1.82) is 0 Å². The second kappa shape index (κ2) is 10.9. The van der Waals surface area contributed by atoms with Crippen LogP contribution in [0.1, 0.15) is 30.5 Å². The molecule has 0 radical (unpaired) electrons. The Hall–Kier alpha value is -2.14. The van der Waals surface area contributed by atoms with Gasteiger partial charge in [0.1, 0.15) is 11.9 Å². The quantitative estimate of drug-likeness (QED) is 0.404. The summed E-state index contributed by atoms with van der Waals surface area (Å²) in [5, 5.41) is 5.67. The van der Waals surface area contributed by atoms with Gasteiger partial charge in [0.2, 0.25) is 0 Å². The van der Waals surface area contributed by atoms with Crippen molar-refractivity contribution < 1.29 is 23.4 Å². The Labute approximate surface area is 192 Å². The standard InChI is InChI=1S/C21H23BrFN3O4S/c1-12(2)30-8-7-29-11-16-17(21(27)28-3)18(14-5-4-13(23)10-15(14)22)26-19(25-16)20-24-6-9-31-20/h4-6,9-10,12,18H,7-8,11H2,1-3H3,(H,25,26). The molecule has 166 valence electrons. The Balaban J connectivity index is 1.98. The zero-order valence-electron chi connectivity index (χ0n) is 17.4. The molecule has 0 bridgehead atoms. The van der Waals surface area contributed by atoms with Gasteiger partial charge in [0, 0.05) is 16.0 Å².